The van der Waals surface area contributed by atoms with Crippen LogP contribution in [0.2, 0.25) is 0 Å². The van der Waals surface area contributed by atoms with E-state index in [1.54, 1.807) is 6.20 Å². The molecule has 0 bridgehead atoms. The maximum Gasteiger partial charge on any atom is 0.106 e. The lowest BCUT2D eigenvalue weighted by Crippen LogP contribution is -2.03. The second-order valence-corrected chi connectivity index (χ2v) is 3.69. The molecule has 0 saturated carbocycles. The molecule has 0 fully saturated rings. The Morgan fingerprint density at radius 2 is 2.06 bits per heavy atom. The topological polar surface area (TPSA) is 66.7 Å². The minimum atomic E-state index is 0.793. The molecule has 4 nitrogen and oxygen atoms in total. The van der Waals surface area contributed by atoms with Gasteiger partial charge in [0.05, 0.1) is 0 Å². The molecule has 0 saturated heterocycles. The van der Waals surface area contributed by atoms with Crippen LogP contribution in [0.25, 0.3) is 0 Å². The van der Waals surface area contributed by atoms with Crippen LogP contribution in [-0.4, -0.2) is 16.5 Å². The lowest BCUT2D eigenvalue weighted by molar-refractivity contribution is 0.816. The number of nitrogens with two attached hydrogens (primary N) is 1. The SMILES string of the molecule is Nc1ccc(NCCCc2ncc[nH]2)cc1. The molecule has 4 heteroatoms. The van der Waals surface area contributed by atoms with Crippen molar-refractivity contribution >= 4 is 11.4 Å². The number of nitrogens with one attached hydrogen (secondary N) is 2. The van der Waals surface area contributed by atoms with Crippen LogP contribution >= 0.6 is 0 Å². The average molecular weight is 216 g/mol. The van der Waals surface area contributed by atoms with Gasteiger partial charge in [-0.15, -0.1) is 0 Å². The quantitative estimate of drug-likeness (QED) is 0.529. The molecule has 0 radical (unpaired) electrons. The molecular formula is C12H16N4. The molecule has 0 atom stereocenters. The van der Waals surface area contributed by atoms with Gasteiger partial charge in [-0.1, -0.05) is 0 Å². The number of rotatable bonds is 5. The van der Waals surface area contributed by atoms with E-state index in [-0.39, 0.29) is 0 Å². The summed E-state index contributed by atoms with van der Waals surface area (Å²) in [6, 6.07) is 7.77. The Balaban J connectivity index is 1.70. The van der Waals surface area contributed by atoms with E-state index in [1.165, 1.54) is 0 Å². The van der Waals surface area contributed by atoms with Crippen LogP contribution in [0.15, 0.2) is 36.7 Å². The molecule has 2 rings (SSSR count). The second kappa shape index (κ2) is 5.21. The van der Waals surface area contributed by atoms with Crippen molar-refractivity contribution < 1.29 is 0 Å². The number of aromatic amines is 1. The lowest BCUT2D eigenvalue weighted by Gasteiger charge is -2.05. The Bertz CT molecular complexity index is 405. The van der Waals surface area contributed by atoms with Crippen molar-refractivity contribution in [1.82, 2.24) is 9.97 Å². The van der Waals surface area contributed by atoms with Gasteiger partial charge in [0.1, 0.15) is 5.82 Å². The van der Waals surface area contributed by atoms with E-state index in [2.05, 4.69) is 15.3 Å². The number of aromatic nitrogens is 2. The minimum absolute atomic E-state index is 0.793. The highest BCUT2D eigenvalue weighted by molar-refractivity contribution is 5.51. The first kappa shape index (κ1) is 10.5. The van der Waals surface area contributed by atoms with Gasteiger partial charge >= 0.3 is 0 Å². The highest BCUT2D eigenvalue weighted by Gasteiger charge is 1.95. The summed E-state index contributed by atoms with van der Waals surface area (Å²) in [6.45, 7) is 0.935. The summed E-state index contributed by atoms with van der Waals surface area (Å²) >= 11 is 0. The number of anilines is 2. The van der Waals surface area contributed by atoms with E-state index in [4.69, 9.17) is 5.73 Å². The van der Waals surface area contributed by atoms with Crippen molar-refractivity contribution in [3.63, 3.8) is 0 Å². The summed E-state index contributed by atoms with van der Waals surface area (Å²) in [5.41, 5.74) is 7.50. The Morgan fingerprint density at radius 3 is 2.75 bits per heavy atom. The maximum absolute atomic E-state index is 5.61. The predicted octanol–water partition coefficient (Wildman–Crippen LogP) is 2.04. The summed E-state index contributed by atoms with van der Waals surface area (Å²) in [5.74, 6) is 1.04. The van der Waals surface area contributed by atoms with Crippen molar-refractivity contribution in [3.8, 4) is 0 Å². The average Bonchev–Trinajstić information content (AvgIpc) is 2.80. The maximum atomic E-state index is 5.61. The van der Waals surface area contributed by atoms with Crippen molar-refractivity contribution in [2.45, 2.75) is 12.8 Å². The molecule has 1 aromatic carbocycles. The number of nitrogen functional groups attached to an aromatic ring is 1. The minimum Gasteiger partial charge on any atom is -0.399 e. The number of H-pyrrole nitrogens is 1. The summed E-state index contributed by atoms with van der Waals surface area (Å²) in [7, 11) is 0. The van der Waals surface area contributed by atoms with Crippen LogP contribution in [0.3, 0.4) is 0 Å². The molecule has 0 spiro atoms. The smallest absolute Gasteiger partial charge is 0.106 e. The van der Waals surface area contributed by atoms with Gasteiger partial charge in [-0.3, -0.25) is 0 Å². The van der Waals surface area contributed by atoms with Gasteiger partial charge < -0.3 is 16.0 Å². The third-order valence-corrected chi connectivity index (χ3v) is 2.39. The Hall–Kier alpha value is -1.97. The Labute approximate surface area is 94.9 Å². The van der Waals surface area contributed by atoms with Crippen molar-refractivity contribution in [3.05, 3.63) is 42.5 Å². The van der Waals surface area contributed by atoms with E-state index in [0.29, 0.717) is 0 Å². The number of nitrogens with zero attached hydrogens (tertiary/aromatic N) is 1. The molecule has 84 valence electrons. The first-order valence-corrected chi connectivity index (χ1v) is 5.42. The standard InChI is InChI=1S/C12H16N4/c13-10-3-5-11(6-4-10)14-7-1-2-12-15-8-9-16-12/h3-6,8-9,14H,1-2,7,13H2,(H,15,16). The van der Waals surface area contributed by atoms with Gasteiger partial charge in [-0.25, -0.2) is 4.98 Å². The van der Waals surface area contributed by atoms with Crippen molar-refractivity contribution in [2.75, 3.05) is 17.6 Å². The number of aryl methyl sites for hydroxylation is 1. The predicted molar refractivity (Wildman–Crippen MR) is 66.3 cm³/mol. The molecular weight excluding hydrogens is 200 g/mol. The summed E-state index contributed by atoms with van der Waals surface area (Å²) < 4.78 is 0. The highest BCUT2D eigenvalue weighted by Crippen LogP contribution is 2.10. The van der Waals surface area contributed by atoms with E-state index < -0.39 is 0 Å². The fraction of sp³-hybridized carbons (Fsp3) is 0.250. The normalized spacial score (nSPS) is 10.2. The number of benzene rings is 1. The summed E-state index contributed by atoms with van der Waals surface area (Å²) in [4.78, 5) is 7.26. The highest BCUT2D eigenvalue weighted by atomic mass is 14.9. The van der Waals surface area contributed by atoms with E-state index in [0.717, 1.165) is 36.6 Å². The molecule has 0 amide bonds. The molecule has 0 aliphatic rings. The van der Waals surface area contributed by atoms with Gasteiger partial charge in [0.15, 0.2) is 0 Å². The Kier molecular flexibility index (Phi) is 3.43. The zero-order valence-corrected chi connectivity index (χ0v) is 9.11. The van der Waals surface area contributed by atoms with Gasteiger partial charge in [0, 0.05) is 36.7 Å². The van der Waals surface area contributed by atoms with Gasteiger partial charge in [0.2, 0.25) is 0 Å². The number of hydrogen-bond acceptors (Lipinski definition) is 3. The van der Waals surface area contributed by atoms with Crippen molar-refractivity contribution in [2.24, 2.45) is 0 Å². The van der Waals surface area contributed by atoms with Crippen LogP contribution in [0.5, 0.6) is 0 Å². The monoisotopic (exact) mass is 216 g/mol. The van der Waals surface area contributed by atoms with E-state index in [1.807, 2.05) is 30.5 Å². The molecule has 1 heterocycles. The van der Waals surface area contributed by atoms with Crippen LogP contribution < -0.4 is 11.1 Å². The largest absolute Gasteiger partial charge is 0.399 e. The van der Waals surface area contributed by atoms with Gasteiger partial charge in [-0.2, -0.15) is 0 Å². The van der Waals surface area contributed by atoms with Crippen LogP contribution in [0.1, 0.15) is 12.2 Å². The molecule has 2 aromatic rings. The lowest BCUT2D eigenvalue weighted by atomic mass is 10.2. The number of imidazole rings is 1. The van der Waals surface area contributed by atoms with Crippen LogP contribution in [0, 0.1) is 0 Å². The third kappa shape index (κ3) is 3.02. The van der Waals surface area contributed by atoms with Crippen LogP contribution in [0.4, 0.5) is 11.4 Å². The molecule has 0 unspecified atom stereocenters. The zero-order valence-electron chi connectivity index (χ0n) is 9.11. The van der Waals surface area contributed by atoms with Gasteiger partial charge in [-0.05, 0) is 30.7 Å². The molecule has 1 aromatic heterocycles. The summed E-state index contributed by atoms with van der Waals surface area (Å²) in [5, 5.41) is 3.34. The van der Waals surface area contributed by atoms with E-state index >= 15 is 0 Å². The number of hydrogen-bond donors (Lipinski definition) is 3. The van der Waals surface area contributed by atoms with Gasteiger partial charge in [0.25, 0.3) is 0 Å². The molecule has 16 heavy (non-hydrogen) atoms. The fourth-order valence-corrected chi connectivity index (χ4v) is 1.52. The van der Waals surface area contributed by atoms with E-state index in [9.17, 15) is 0 Å². The molecule has 0 aliphatic heterocycles. The molecule has 0 aliphatic carbocycles. The first-order valence-electron chi connectivity index (χ1n) is 5.42. The first-order chi connectivity index (χ1) is 7.84. The third-order valence-electron chi connectivity index (χ3n) is 2.39. The molecule has 4 N–H and O–H groups in total. The van der Waals surface area contributed by atoms with Crippen LogP contribution in [-0.2, 0) is 6.42 Å². The second-order valence-electron chi connectivity index (χ2n) is 3.69. The zero-order chi connectivity index (χ0) is 11.2. The summed E-state index contributed by atoms with van der Waals surface area (Å²) in [6.07, 6.45) is 5.65. The van der Waals surface area contributed by atoms with Crippen molar-refractivity contribution in [1.29, 1.82) is 0 Å². The fourth-order valence-electron chi connectivity index (χ4n) is 1.52. The Morgan fingerprint density at radius 1 is 1.25 bits per heavy atom.